The van der Waals surface area contributed by atoms with Crippen molar-refractivity contribution in [2.24, 2.45) is 0 Å². The van der Waals surface area contributed by atoms with Gasteiger partial charge in [-0.05, 0) is 41.5 Å². The third kappa shape index (κ3) is 2.70. The van der Waals surface area contributed by atoms with E-state index in [0.717, 1.165) is 38.8 Å². The quantitative estimate of drug-likeness (QED) is 0.261. The van der Waals surface area contributed by atoms with Gasteiger partial charge in [0.15, 0.2) is 0 Å². The molecule has 0 fully saturated rings. The summed E-state index contributed by atoms with van der Waals surface area (Å²) >= 11 is 0. The minimum Gasteiger partial charge on any atom is -0.438 e. The van der Waals surface area contributed by atoms with E-state index in [2.05, 4.69) is 89.5 Å². The highest BCUT2D eigenvalue weighted by Gasteiger charge is 2.24. The smallest absolute Gasteiger partial charge is 0.238 e. The number of rotatable bonds is 2. The average Bonchev–Trinajstić information content (AvgIpc) is 3.27. The zero-order chi connectivity index (χ0) is 23.6. The monoisotopic (exact) mass is 461 g/mol. The van der Waals surface area contributed by atoms with Crippen LogP contribution in [-0.2, 0) is 0 Å². The maximum absolute atomic E-state index is 6.32. The lowest BCUT2D eigenvalue weighted by molar-refractivity contribution is 0.466. The number of benzene rings is 5. The Balaban J connectivity index is 1.42. The maximum atomic E-state index is 6.32. The van der Waals surface area contributed by atoms with Crippen molar-refractivity contribution in [2.45, 2.75) is 0 Å². The van der Waals surface area contributed by atoms with E-state index < -0.39 is 0 Å². The van der Waals surface area contributed by atoms with E-state index in [-0.39, 0.29) is 0 Å². The topological polar surface area (TPSA) is 39.9 Å². The van der Waals surface area contributed by atoms with Gasteiger partial charge in [-0.3, -0.25) is 4.57 Å². The van der Waals surface area contributed by atoms with Crippen LogP contribution in [0.5, 0.6) is 11.6 Å². The molecule has 7 aromatic rings. The van der Waals surface area contributed by atoms with Crippen molar-refractivity contribution in [2.75, 3.05) is 0 Å². The lowest BCUT2D eigenvalue weighted by Crippen LogP contribution is -2.06. The van der Waals surface area contributed by atoms with Crippen LogP contribution in [0.1, 0.15) is 0 Å². The number of hydrogen-bond donors (Lipinski definition) is 0. The van der Waals surface area contributed by atoms with Gasteiger partial charge in [0.2, 0.25) is 11.8 Å². The largest absolute Gasteiger partial charge is 0.438 e. The van der Waals surface area contributed by atoms with Gasteiger partial charge in [-0.2, -0.15) is 4.98 Å². The molecule has 0 atom stereocenters. The van der Waals surface area contributed by atoms with Crippen LogP contribution in [0.2, 0.25) is 0 Å². The molecule has 0 unspecified atom stereocenters. The van der Waals surface area contributed by atoms with Gasteiger partial charge >= 0.3 is 0 Å². The van der Waals surface area contributed by atoms with Gasteiger partial charge in [-0.25, -0.2) is 4.98 Å². The zero-order valence-corrected chi connectivity index (χ0v) is 19.2. The molecule has 5 aromatic carbocycles. The van der Waals surface area contributed by atoms with Gasteiger partial charge in [0.05, 0.1) is 21.9 Å². The molecule has 1 aliphatic rings. The fourth-order valence-corrected chi connectivity index (χ4v) is 5.42. The SMILES string of the molecule is c1ccc(-c2ccc3c(c2)c2ccccc2n3-c2nc3c4c(cccc4n2)-c2ccccc2O3)cc1. The lowest BCUT2D eigenvalue weighted by atomic mass is 9.98. The van der Waals surface area contributed by atoms with Crippen LogP contribution >= 0.6 is 0 Å². The van der Waals surface area contributed by atoms with E-state index in [4.69, 9.17) is 14.7 Å². The first-order valence-electron chi connectivity index (χ1n) is 12.0. The molecule has 0 amide bonds. The predicted molar refractivity (Wildman–Crippen MR) is 145 cm³/mol. The van der Waals surface area contributed by atoms with Crippen molar-refractivity contribution < 1.29 is 4.74 Å². The Kier molecular flexibility index (Phi) is 3.91. The number of fused-ring (bicyclic) bond motifs is 5. The zero-order valence-electron chi connectivity index (χ0n) is 19.2. The van der Waals surface area contributed by atoms with E-state index in [1.807, 2.05) is 30.3 Å². The highest BCUT2D eigenvalue weighted by molar-refractivity contribution is 6.10. The minimum atomic E-state index is 0.594. The summed E-state index contributed by atoms with van der Waals surface area (Å²) in [6.07, 6.45) is 0. The molecule has 0 N–H and O–H groups in total. The molecule has 0 saturated heterocycles. The number of nitrogens with zero attached hydrogens (tertiary/aromatic N) is 3. The lowest BCUT2D eigenvalue weighted by Gasteiger charge is -2.20. The molecule has 2 aromatic heterocycles. The van der Waals surface area contributed by atoms with Gasteiger partial charge in [0.1, 0.15) is 5.75 Å². The van der Waals surface area contributed by atoms with Crippen molar-refractivity contribution in [3.05, 3.63) is 115 Å². The van der Waals surface area contributed by atoms with Crippen LogP contribution in [0.15, 0.2) is 115 Å². The summed E-state index contributed by atoms with van der Waals surface area (Å²) in [4.78, 5) is 10.0. The van der Waals surface area contributed by atoms with E-state index in [0.29, 0.717) is 11.8 Å². The standard InChI is InChI=1S/C32H19N3O/c1-2-9-20(10-3-1)21-17-18-28-25(19-21)22-11-4-6-15-27(22)35(28)32-33-26-14-8-13-24-23-12-5-7-16-29(23)36-31(34-32)30(24)26/h1-19H. The van der Waals surface area contributed by atoms with Crippen LogP contribution in [0.4, 0.5) is 0 Å². The van der Waals surface area contributed by atoms with Crippen LogP contribution in [0.3, 0.4) is 0 Å². The van der Waals surface area contributed by atoms with Crippen LogP contribution in [0, 0.1) is 0 Å². The summed E-state index contributed by atoms with van der Waals surface area (Å²) in [6, 6.07) is 39.8. The summed E-state index contributed by atoms with van der Waals surface area (Å²) in [5.41, 5.74) is 7.55. The summed E-state index contributed by atoms with van der Waals surface area (Å²) < 4.78 is 8.47. The number of para-hydroxylation sites is 2. The third-order valence-corrected chi connectivity index (χ3v) is 7.04. The first-order chi connectivity index (χ1) is 17.8. The van der Waals surface area contributed by atoms with Gasteiger partial charge in [0, 0.05) is 21.9 Å². The summed E-state index contributed by atoms with van der Waals surface area (Å²) in [7, 11) is 0. The molecule has 36 heavy (non-hydrogen) atoms. The number of ether oxygens (including phenoxy) is 1. The summed E-state index contributed by atoms with van der Waals surface area (Å²) in [5.74, 6) is 2.01. The second-order valence-corrected chi connectivity index (χ2v) is 9.08. The van der Waals surface area contributed by atoms with E-state index in [1.54, 1.807) is 0 Å². The number of hydrogen-bond acceptors (Lipinski definition) is 3. The van der Waals surface area contributed by atoms with E-state index in [1.165, 1.54) is 21.9 Å². The molecular weight excluding hydrogens is 442 g/mol. The van der Waals surface area contributed by atoms with Gasteiger partial charge in [-0.15, -0.1) is 0 Å². The molecule has 4 nitrogen and oxygen atoms in total. The van der Waals surface area contributed by atoms with Crippen LogP contribution in [-0.4, -0.2) is 14.5 Å². The average molecular weight is 462 g/mol. The summed E-state index contributed by atoms with van der Waals surface area (Å²) in [6.45, 7) is 0. The second kappa shape index (κ2) is 7.27. The van der Waals surface area contributed by atoms with Crippen LogP contribution < -0.4 is 4.74 Å². The first-order valence-corrected chi connectivity index (χ1v) is 12.0. The molecule has 3 heterocycles. The van der Waals surface area contributed by atoms with Gasteiger partial charge in [-0.1, -0.05) is 84.9 Å². The fourth-order valence-electron chi connectivity index (χ4n) is 5.42. The molecule has 1 aliphatic heterocycles. The van der Waals surface area contributed by atoms with Crippen molar-refractivity contribution >= 4 is 32.7 Å². The Morgan fingerprint density at radius 1 is 0.556 bits per heavy atom. The second-order valence-electron chi connectivity index (χ2n) is 9.08. The molecule has 0 saturated carbocycles. The Morgan fingerprint density at radius 2 is 1.33 bits per heavy atom. The molecule has 4 heteroatoms. The van der Waals surface area contributed by atoms with Crippen molar-refractivity contribution in [3.8, 4) is 39.8 Å². The highest BCUT2D eigenvalue weighted by atomic mass is 16.5. The first kappa shape index (κ1) is 19.4. The maximum Gasteiger partial charge on any atom is 0.238 e. The van der Waals surface area contributed by atoms with Gasteiger partial charge in [0.25, 0.3) is 0 Å². The normalized spacial score (nSPS) is 12.1. The van der Waals surface area contributed by atoms with Crippen molar-refractivity contribution in [1.29, 1.82) is 0 Å². The highest BCUT2D eigenvalue weighted by Crippen LogP contribution is 2.45. The third-order valence-electron chi connectivity index (χ3n) is 7.04. The Morgan fingerprint density at radius 3 is 2.28 bits per heavy atom. The number of aromatic nitrogens is 3. The fraction of sp³-hybridized carbons (Fsp3) is 0. The Hall–Kier alpha value is -4.96. The molecule has 0 spiro atoms. The molecule has 0 bridgehead atoms. The molecule has 0 radical (unpaired) electrons. The molecule has 168 valence electrons. The minimum absolute atomic E-state index is 0.594. The Labute approximate surface area is 207 Å². The molecule has 0 aliphatic carbocycles. The van der Waals surface area contributed by atoms with Crippen LogP contribution in [0.25, 0.3) is 60.9 Å². The predicted octanol–water partition coefficient (Wildman–Crippen LogP) is 8.17. The molecule has 8 rings (SSSR count). The van der Waals surface area contributed by atoms with Gasteiger partial charge < -0.3 is 4.74 Å². The van der Waals surface area contributed by atoms with Crippen molar-refractivity contribution in [1.82, 2.24) is 14.5 Å². The Bertz CT molecular complexity index is 1970. The van der Waals surface area contributed by atoms with Crippen molar-refractivity contribution in [3.63, 3.8) is 0 Å². The molecular formula is C32H19N3O. The van der Waals surface area contributed by atoms with E-state index >= 15 is 0 Å². The van der Waals surface area contributed by atoms with E-state index in [9.17, 15) is 0 Å². The summed E-state index contributed by atoms with van der Waals surface area (Å²) in [5, 5.41) is 3.29.